The number of aliphatic imine (C=N–C) groups is 1. The quantitative estimate of drug-likeness (QED) is 0.280. The SMILES string of the molecule is Cc1ccc2c(c1C)N=C(c1ccccc1)C21c2ccccc2-c2c1oc1ccccc21. The molecule has 0 radical (unpaired) electrons. The second-order valence-electron chi connectivity index (χ2n) is 8.83. The van der Waals surface area contributed by atoms with Gasteiger partial charge in [-0.1, -0.05) is 84.9 Å². The van der Waals surface area contributed by atoms with Crippen LogP contribution in [0.5, 0.6) is 0 Å². The fraction of sp³-hybridized carbons (Fsp3) is 0.100. The number of hydrogen-bond donors (Lipinski definition) is 0. The molecule has 1 spiro atoms. The van der Waals surface area contributed by atoms with Gasteiger partial charge in [0.05, 0.1) is 11.4 Å². The van der Waals surface area contributed by atoms with Crippen molar-refractivity contribution >= 4 is 22.4 Å². The zero-order valence-corrected chi connectivity index (χ0v) is 18.0. The van der Waals surface area contributed by atoms with Gasteiger partial charge in [-0.3, -0.25) is 4.99 Å². The molecule has 152 valence electrons. The molecule has 5 aromatic rings. The number of hydrogen-bond acceptors (Lipinski definition) is 2. The Labute approximate surface area is 186 Å². The van der Waals surface area contributed by atoms with Gasteiger partial charge in [0.2, 0.25) is 0 Å². The zero-order chi connectivity index (χ0) is 21.4. The van der Waals surface area contributed by atoms with Crippen LogP contribution in [0, 0.1) is 13.8 Å². The third-order valence-corrected chi connectivity index (χ3v) is 7.27. The minimum atomic E-state index is -0.555. The maximum absolute atomic E-state index is 6.73. The summed E-state index contributed by atoms with van der Waals surface area (Å²) in [4.78, 5) is 5.34. The molecule has 7 rings (SSSR count). The van der Waals surface area contributed by atoms with Crippen LogP contribution in [0.1, 0.15) is 33.6 Å². The van der Waals surface area contributed by atoms with Crippen LogP contribution in [0.25, 0.3) is 22.1 Å². The molecular weight excluding hydrogens is 390 g/mol. The Morgan fingerprint density at radius 1 is 0.719 bits per heavy atom. The highest BCUT2D eigenvalue weighted by Gasteiger charge is 2.56. The number of fused-ring (bicyclic) bond motifs is 9. The smallest absolute Gasteiger partial charge is 0.135 e. The largest absolute Gasteiger partial charge is 0.459 e. The van der Waals surface area contributed by atoms with Gasteiger partial charge >= 0.3 is 0 Å². The molecule has 2 nitrogen and oxygen atoms in total. The van der Waals surface area contributed by atoms with Gasteiger partial charge < -0.3 is 4.42 Å². The van der Waals surface area contributed by atoms with E-state index in [-0.39, 0.29) is 0 Å². The molecule has 0 bridgehead atoms. The second-order valence-corrected chi connectivity index (χ2v) is 8.83. The van der Waals surface area contributed by atoms with Gasteiger partial charge in [-0.15, -0.1) is 0 Å². The molecule has 2 heterocycles. The van der Waals surface area contributed by atoms with E-state index < -0.39 is 5.41 Å². The summed E-state index contributed by atoms with van der Waals surface area (Å²) < 4.78 is 6.73. The molecule has 0 amide bonds. The first kappa shape index (κ1) is 17.7. The summed E-state index contributed by atoms with van der Waals surface area (Å²) in [5, 5.41) is 1.16. The Morgan fingerprint density at radius 2 is 1.47 bits per heavy atom. The summed E-state index contributed by atoms with van der Waals surface area (Å²) in [5.74, 6) is 0.990. The normalized spacial score (nSPS) is 18.0. The first-order valence-corrected chi connectivity index (χ1v) is 11.1. The van der Waals surface area contributed by atoms with Gasteiger partial charge in [0.1, 0.15) is 16.8 Å². The zero-order valence-electron chi connectivity index (χ0n) is 18.0. The van der Waals surface area contributed by atoms with Crippen molar-refractivity contribution in [1.29, 1.82) is 0 Å². The first-order chi connectivity index (χ1) is 15.7. The summed E-state index contributed by atoms with van der Waals surface area (Å²) >= 11 is 0. The van der Waals surface area contributed by atoms with Gasteiger partial charge in [0.25, 0.3) is 0 Å². The Hall–Kier alpha value is -3.91. The van der Waals surface area contributed by atoms with Crippen LogP contribution in [0.2, 0.25) is 0 Å². The Bertz CT molecular complexity index is 1590. The fourth-order valence-corrected chi connectivity index (χ4v) is 5.68. The van der Waals surface area contributed by atoms with Crippen LogP contribution in [-0.2, 0) is 5.41 Å². The van der Waals surface area contributed by atoms with Gasteiger partial charge in [-0.05, 0) is 47.7 Å². The lowest BCUT2D eigenvalue weighted by Crippen LogP contribution is -2.34. The highest BCUT2D eigenvalue weighted by Crippen LogP contribution is 2.61. The maximum Gasteiger partial charge on any atom is 0.135 e. The monoisotopic (exact) mass is 411 g/mol. The molecule has 2 heteroatoms. The minimum Gasteiger partial charge on any atom is -0.459 e. The summed E-state index contributed by atoms with van der Waals surface area (Å²) in [7, 11) is 0. The van der Waals surface area contributed by atoms with E-state index in [1.807, 2.05) is 6.07 Å². The van der Waals surface area contributed by atoms with E-state index in [2.05, 4.69) is 98.8 Å². The van der Waals surface area contributed by atoms with E-state index in [0.29, 0.717) is 0 Å². The molecule has 0 saturated heterocycles. The van der Waals surface area contributed by atoms with E-state index in [1.54, 1.807) is 0 Å². The molecule has 1 unspecified atom stereocenters. The molecule has 0 saturated carbocycles. The Balaban J connectivity index is 1.70. The molecule has 0 N–H and O–H groups in total. The van der Waals surface area contributed by atoms with Crippen molar-refractivity contribution in [1.82, 2.24) is 0 Å². The van der Waals surface area contributed by atoms with Crippen LogP contribution in [0.15, 0.2) is 100 Å². The second kappa shape index (κ2) is 6.08. The van der Waals surface area contributed by atoms with Crippen molar-refractivity contribution in [2.24, 2.45) is 4.99 Å². The van der Waals surface area contributed by atoms with E-state index >= 15 is 0 Å². The average molecular weight is 412 g/mol. The fourth-order valence-electron chi connectivity index (χ4n) is 5.68. The molecule has 2 aliphatic rings. The lowest BCUT2D eigenvalue weighted by molar-refractivity contribution is 0.525. The maximum atomic E-state index is 6.73. The molecular formula is C30H21NO. The van der Waals surface area contributed by atoms with E-state index in [0.717, 1.165) is 33.7 Å². The molecule has 1 aromatic heterocycles. The van der Waals surface area contributed by atoms with E-state index in [4.69, 9.17) is 9.41 Å². The van der Waals surface area contributed by atoms with Crippen molar-refractivity contribution in [2.45, 2.75) is 19.3 Å². The van der Waals surface area contributed by atoms with Crippen molar-refractivity contribution < 1.29 is 4.42 Å². The van der Waals surface area contributed by atoms with Crippen molar-refractivity contribution in [2.75, 3.05) is 0 Å². The molecule has 4 aromatic carbocycles. The summed E-state index contributed by atoms with van der Waals surface area (Å²) in [6.45, 7) is 4.34. The Kier molecular flexibility index (Phi) is 3.37. The number of aryl methyl sites for hydroxylation is 1. The van der Waals surface area contributed by atoms with Crippen molar-refractivity contribution in [3.05, 3.63) is 125 Å². The molecule has 32 heavy (non-hydrogen) atoms. The van der Waals surface area contributed by atoms with E-state index in [1.165, 1.54) is 33.4 Å². The topological polar surface area (TPSA) is 25.5 Å². The van der Waals surface area contributed by atoms with Crippen LogP contribution in [0.4, 0.5) is 5.69 Å². The predicted molar refractivity (Wildman–Crippen MR) is 130 cm³/mol. The third kappa shape index (κ3) is 1.98. The number of nitrogens with zero attached hydrogens (tertiary/aromatic N) is 1. The van der Waals surface area contributed by atoms with Crippen LogP contribution >= 0.6 is 0 Å². The average Bonchev–Trinajstić information content (AvgIpc) is 3.47. The number of benzene rings is 4. The predicted octanol–water partition coefficient (Wildman–Crippen LogP) is 7.50. The van der Waals surface area contributed by atoms with Gasteiger partial charge in [-0.2, -0.15) is 0 Å². The summed E-state index contributed by atoms with van der Waals surface area (Å²) in [5.41, 5.74) is 11.0. The highest BCUT2D eigenvalue weighted by atomic mass is 16.3. The summed E-state index contributed by atoms with van der Waals surface area (Å²) in [6.07, 6.45) is 0. The standard InChI is InChI=1S/C30H21NO/c1-18-16-17-24-27(19(18)2)31-28(20-10-4-3-5-11-20)30(24)23-14-8-6-12-21(23)26-22-13-7-9-15-25(22)32-29(26)30/h3-17H,1-2H3. The molecule has 1 atom stereocenters. The lowest BCUT2D eigenvalue weighted by Gasteiger charge is -2.29. The lowest BCUT2D eigenvalue weighted by atomic mass is 9.70. The number of rotatable bonds is 1. The van der Waals surface area contributed by atoms with Crippen LogP contribution in [0.3, 0.4) is 0 Å². The number of para-hydroxylation sites is 1. The van der Waals surface area contributed by atoms with Gasteiger partial charge in [0, 0.05) is 16.5 Å². The summed E-state index contributed by atoms with van der Waals surface area (Å²) in [6, 6.07) is 32.2. The highest BCUT2D eigenvalue weighted by molar-refractivity contribution is 6.21. The van der Waals surface area contributed by atoms with Gasteiger partial charge in [0.15, 0.2) is 0 Å². The number of furan rings is 1. The van der Waals surface area contributed by atoms with Crippen molar-refractivity contribution in [3.63, 3.8) is 0 Å². The molecule has 1 aliphatic heterocycles. The first-order valence-electron chi connectivity index (χ1n) is 11.1. The van der Waals surface area contributed by atoms with Crippen LogP contribution in [-0.4, -0.2) is 5.71 Å². The Morgan fingerprint density at radius 3 is 2.34 bits per heavy atom. The molecule has 0 fully saturated rings. The van der Waals surface area contributed by atoms with Gasteiger partial charge in [-0.25, -0.2) is 0 Å². The van der Waals surface area contributed by atoms with E-state index in [9.17, 15) is 0 Å². The minimum absolute atomic E-state index is 0.555. The van der Waals surface area contributed by atoms with Crippen LogP contribution < -0.4 is 0 Å². The third-order valence-electron chi connectivity index (χ3n) is 7.27. The molecule has 1 aliphatic carbocycles. The van der Waals surface area contributed by atoms with Crippen molar-refractivity contribution in [3.8, 4) is 11.1 Å².